The number of carbonyl (C=O) groups excluding carboxylic acids is 3. The summed E-state index contributed by atoms with van der Waals surface area (Å²) in [6.45, 7) is 2.77. The number of aromatic nitrogens is 1. The van der Waals surface area contributed by atoms with Crippen molar-refractivity contribution in [2.45, 2.75) is 19.0 Å². The van der Waals surface area contributed by atoms with Gasteiger partial charge in [-0.15, -0.1) is 0 Å². The van der Waals surface area contributed by atoms with Crippen LogP contribution < -0.4 is 5.32 Å². The number of nitrogens with zero attached hydrogens (tertiary/aromatic N) is 3. The van der Waals surface area contributed by atoms with E-state index in [0.717, 1.165) is 0 Å². The number of nitrogens with one attached hydrogen (secondary N) is 1. The van der Waals surface area contributed by atoms with Gasteiger partial charge in [0.15, 0.2) is 0 Å². The third-order valence-corrected chi connectivity index (χ3v) is 4.15. The summed E-state index contributed by atoms with van der Waals surface area (Å²) in [6.07, 6.45) is 1.81. The lowest BCUT2D eigenvalue weighted by atomic mass is 10.0. The molecule has 3 heterocycles. The van der Waals surface area contributed by atoms with Crippen LogP contribution in [0.1, 0.15) is 17.4 Å². The van der Waals surface area contributed by atoms with Crippen molar-refractivity contribution in [1.82, 2.24) is 19.7 Å². The number of rotatable bonds is 1. The summed E-state index contributed by atoms with van der Waals surface area (Å²) in [7, 11) is 1.81. The number of amides is 3. The van der Waals surface area contributed by atoms with Crippen molar-refractivity contribution in [3.63, 3.8) is 0 Å². The molecule has 3 amide bonds. The lowest BCUT2D eigenvalue weighted by Crippen LogP contribution is -2.69. The van der Waals surface area contributed by atoms with Gasteiger partial charge >= 0.3 is 0 Å². The molecule has 1 aromatic rings. The van der Waals surface area contributed by atoms with Crippen molar-refractivity contribution in [2.75, 3.05) is 19.6 Å². The molecule has 112 valence electrons. The smallest absolute Gasteiger partial charge is 0.270 e. The molecular weight excluding hydrogens is 272 g/mol. The quantitative estimate of drug-likeness (QED) is 0.735. The fourth-order valence-corrected chi connectivity index (χ4v) is 2.92. The van der Waals surface area contributed by atoms with Gasteiger partial charge in [0.05, 0.1) is 6.54 Å². The number of aryl methyl sites for hydroxylation is 1. The average molecular weight is 290 g/mol. The average Bonchev–Trinajstić information content (AvgIpc) is 2.90. The van der Waals surface area contributed by atoms with E-state index in [1.54, 1.807) is 27.4 Å². The molecule has 0 aliphatic carbocycles. The summed E-state index contributed by atoms with van der Waals surface area (Å²) < 4.78 is 1.75. The summed E-state index contributed by atoms with van der Waals surface area (Å²) in [5, 5.41) is 2.66. The summed E-state index contributed by atoms with van der Waals surface area (Å²) in [6, 6.07) is 2.50. The molecule has 2 aliphatic rings. The number of hydrogen-bond acceptors (Lipinski definition) is 3. The van der Waals surface area contributed by atoms with Crippen molar-refractivity contribution in [3.05, 3.63) is 24.0 Å². The zero-order valence-corrected chi connectivity index (χ0v) is 12.1. The van der Waals surface area contributed by atoms with Crippen molar-refractivity contribution in [3.8, 4) is 0 Å². The second kappa shape index (κ2) is 4.91. The number of fused-ring (bicyclic) bond motifs is 1. The van der Waals surface area contributed by atoms with Gasteiger partial charge in [0.2, 0.25) is 11.8 Å². The van der Waals surface area contributed by atoms with Crippen LogP contribution in [0.15, 0.2) is 18.3 Å². The largest absolute Gasteiger partial charge is 0.347 e. The van der Waals surface area contributed by atoms with Crippen LogP contribution in [0.5, 0.6) is 0 Å². The van der Waals surface area contributed by atoms with Gasteiger partial charge in [0, 0.05) is 26.3 Å². The van der Waals surface area contributed by atoms with Crippen LogP contribution in [-0.4, -0.2) is 63.8 Å². The third kappa shape index (κ3) is 2.18. The summed E-state index contributed by atoms with van der Waals surface area (Å²) in [5.41, 5.74) is 0.583. The van der Waals surface area contributed by atoms with Gasteiger partial charge in [0.1, 0.15) is 17.8 Å². The molecule has 7 nitrogen and oxygen atoms in total. The van der Waals surface area contributed by atoms with E-state index in [0.29, 0.717) is 18.8 Å². The lowest BCUT2D eigenvalue weighted by molar-refractivity contribution is -0.151. The minimum absolute atomic E-state index is 0.0782. The predicted molar refractivity (Wildman–Crippen MR) is 74.4 cm³/mol. The van der Waals surface area contributed by atoms with Gasteiger partial charge < -0.3 is 19.7 Å². The first kappa shape index (κ1) is 13.7. The first-order valence-electron chi connectivity index (χ1n) is 7.00. The van der Waals surface area contributed by atoms with Gasteiger partial charge in [-0.2, -0.15) is 0 Å². The van der Waals surface area contributed by atoms with Gasteiger partial charge in [-0.25, -0.2) is 0 Å². The standard InChI is InChI=1S/C14H18N4O3/c1-9-13(20)18-7-6-17(8-11(18)12(19)15-9)14(21)10-4-3-5-16(10)2/h3-5,9,11H,6-8H2,1-2H3,(H,15,19)/t9-,11+/m1/s1. The predicted octanol–water partition coefficient (Wildman–Crippen LogP) is -0.804. The van der Waals surface area contributed by atoms with Gasteiger partial charge in [-0.1, -0.05) is 0 Å². The van der Waals surface area contributed by atoms with Crippen molar-refractivity contribution < 1.29 is 14.4 Å². The monoisotopic (exact) mass is 290 g/mol. The van der Waals surface area contributed by atoms with Crippen LogP contribution in [-0.2, 0) is 16.6 Å². The van der Waals surface area contributed by atoms with Crippen LogP contribution in [0.3, 0.4) is 0 Å². The molecule has 2 aliphatic heterocycles. The van der Waals surface area contributed by atoms with E-state index in [2.05, 4.69) is 5.32 Å². The van der Waals surface area contributed by atoms with Crippen LogP contribution in [0.4, 0.5) is 0 Å². The third-order valence-electron chi connectivity index (χ3n) is 4.15. The summed E-state index contributed by atoms with van der Waals surface area (Å²) in [5.74, 6) is -0.377. The molecule has 2 saturated heterocycles. The Morgan fingerprint density at radius 2 is 2.10 bits per heavy atom. The Kier molecular flexibility index (Phi) is 3.19. The molecule has 1 aromatic heterocycles. The van der Waals surface area contributed by atoms with E-state index in [1.165, 1.54) is 0 Å². The summed E-state index contributed by atoms with van der Waals surface area (Å²) in [4.78, 5) is 39.8. The van der Waals surface area contributed by atoms with Gasteiger partial charge in [-0.05, 0) is 19.1 Å². The van der Waals surface area contributed by atoms with Gasteiger partial charge in [0.25, 0.3) is 5.91 Å². The Bertz CT molecular complexity index is 609. The minimum atomic E-state index is -0.577. The number of piperazine rings is 2. The normalized spacial score (nSPS) is 25.6. The van der Waals surface area contributed by atoms with Crippen molar-refractivity contribution in [1.29, 1.82) is 0 Å². The molecular formula is C14H18N4O3. The topological polar surface area (TPSA) is 74.7 Å². The van der Waals surface area contributed by atoms with Crippen molar-refractivity contribution >= 4 is 17.7 Å². The molecule has 2 atom stereocenters. The highest BCUT2D eigenvalue weighted by Gasteiger charge is 2.42. The van der Waals surface area contributed by atoms with Gasteiger partial charge in [-0.3, -0.25) is 14.4 Å². The highest BCUT2D eigenvalue weighted by Crippen LogP contribution is 2.18. The van der Waals surface area contributed by atoms with E-state index in [4.69, 9.17) is 0 Å². The molecule has 0 radical (unpaired) electrons. The zero-order valence-electron chi connectivity index (χ0n) is 12.1. The van der Waals surface area contributed by atoms with Crippen LogP contribution in [0.25, 0.3) is 0 Å². The van der Waals surface area contributed by atoms with E-state index in [-0.39, 0.29) is 24.3 Å². The second-order valence-electron chi connectivity index (χ2n) is 5.53. The first-order valence-corrected chi connectivity index (χ1v) is 7.00. The number of carbonyl (C=O) groups is 3. The Labute approximate surface area is 122 Å². The van der Waals surface area contributed by atoms with E-state index in [1.807, 2.05) is 19.3 Å². The fraction of sp³-hybridized carbons (Fsp3) is 0.500. The minimum Gasteiger partial charge on any atom is -0.347 e. The molecule has 0 saturated carbocycles. The molecule has 0 spiro atoms. The maximum atomic E-state index is 12.5. The van der Waals surface area contributed by atoms with Crippen LogP contribution in [0.2, 0.25) is 0 Å². The molecule has 7 heteroatoms. The zero-order chi connectivity index (χ0) is 15.1. The molecule has 0 bridgehead atoms. The Balaban J connectivity index is 1.78. The Morgan fingerprint density at radius 3 is 2.76 bits per heavy atom. The molecule has 21 heavy (non-hydrogen) atoms. The Hall–Kier alpha value is -2.31. The highest BCUT2D eigenvalue weighted by molar-refractivity contribution is 5.98. The Morgan fingerprint density at radius 1 is 1.33 bits per heavy atom. The summed E-state index contributed by atoms with van der Waals surface area (Å²) >= 11 is 0. The molecule has 2 fully saturated rings. The number of hydrogen-bond donors (Lipinski definition) is 1. The lowest BCUT2D eigenvalue weighted by Gasteiger charge is -2.44. The maximum absolute atomic E-state index is 12.5. The maximum Gasteiger partial charge on any atom is 0.270 e. The van der Waals surface area contributed by atoms with E-state index >= 15 is 0 Å². The highest BCUT2D eigenvalue weighted by atomic mass is 16.2. The van der Waals surface area contributed by atoms with E-state index < -0.39 is 12.1 Å². The second-order valence-corrected chi connectivity index (χ2v) is 5.53. The van der Waals surface area contributed by atoms with Crippen molar-refractivity contribution in [2.24, 2.45) is 7.05 Å². The molecule has 3 rings (SSSR count). The molecule has 0 aromatic carbocycles. The van der Waals surface area contributed by atoms with Crippen LogP contribution >= 0.6 is 0 Å². The molecule has 1 N–H and O–H groups in total. The van der Waals surface area contributed by atoms with Crippen LogP contribution in [0, 0.1) is 0 Å². The van der Waals surface area contributed by atoms with E-state index in [9.17, 15) is 14.4 Å². The first-order chi connectivity index (χ1) is 9.99. The molecule has 0 unspecified atom stereocenters. The fourth-order valence-electron chi connectivity index (χ4n) is 2.92. The SMILES string of the molecule is C[C@H]1NC(=O)[C@@H]2CN(C(=O)c3cccn3C)CCN2C1=O.